The van der Waals surface area contributed by atoms with E-state index in [1.807, 2.05) is 36.4 Å². The lowest BCUT2D eigenvalue weighted by Crippen LogP contribution is -2.30. The summed E-state index contributed by atoms with van der Waals surface area (Å²) in [5, 5.41) is 5.76. The maximum Gasteiger partial charge on any atom is 0.254 e. The molecule has 2 N–H and O–H groups in total. The molecule has 1 saturated heterocycles. The van der Waals surface area contributed by atoms with Crippen LogP contribution in [0, 0.1) is 11.8 Å². The highest BCUT2D eigenvalue weighted by Crippen LogP contribution is 2.45. The molecule has 0 radical (unpaired) electrons. The van der Waals surface area contributed by atoms with Crippen molar-refractivity contribution in [3.05, 3.63) is 64.7 Å². The Morgan fingerprint density at radius 1 is 1.00 bits per heavy atom. The van der Waals surface area contributed by atoms with Crippen molar-refractivity contribution < 1.29 is 19.1 Å². The Balaban J connectivity index is 1.50. The Bertz CT molecular complexity index is 933. The fourth-order valence-electron chi connectivity index (χ4n) is 4.41. The van der Waals surface area contributed by atoms with Crippen molar-refractivity contribution in [2.45, 2.75) is 12.0 Å². The quantitative estimate of drug-likeness (QED) is 0.853. The van der Waals surface area contributed by atoms with Crippen molar-refractivity contribution in [2.24, 2.45) is 11.8 Å². The number of nitrogens with one attached hydrogen (secondary N) is 2. The predicted octanol–water partition coefficient (Wildman–Crippen LogP) is 1.95. The van der Waals surface area contributed by atoms with Gasteiger partial charge in [-0.05, 0) is 17.7 Å². The van der Waals surface area contributed by atoms with E-state index in [1.54, 1.807) is 13.1 Å². The van der Waals surface area contributed by atoms with Gasteiger partial charge in [0.05, 0.1) is 25.4 Å². The van der Waals surface area contributed by atoms with Crippen molar-refractivity contribution in [1.82, 2.24) is 10.6 Å². The summed E-state index contributed by atoms with van der Waals surface area (Å²) in [5.41, 5.74) is 2.89. The van der Waals surface area contributed by atoms with Crippen molar-refractivity contribution in [3.63, 3.8) is 0 Å². The van der Waals surface area contributed by atoms with E-state index in [2.05, 4.69) is 10.6 Å². The molecular formula is C22H22N2O4. The van der Waals surface area contributed by atoms with Gasteiger partial charge in [0, 0.05) is 42.0 Å². The highest BCUT2D eigenvalue weighted by Gasteiger charge is 2.54. The third kappa shape index (κ3) is 2.76. The molecule has 0 bridgehead atoms. The lowest BCUT2D eigenvalue weighted by atomic mass is 9.90. The van der Waals surface area contributed by atoms with Crippen LogP contribution >= 0.6 is 0 Å². The van der Waals surface area contributed by atoms with Gasteiger partial charge in [-0.1, -0.05) is 30.3 Å². The summed E-state index contributed by atoms with van der Waals surface area (Å²) in [4.78, 5) is 25.4. The molecule has 4 atom stereocenters. The van der Waals surface area contributed by atoms with Crippen molar-refractivity contribution >= 4 is 11.8 Å². The van der Waals surface area contributed by atoms with E-state index in [0.717, 1.165) is 11.1 Å². The minimum atomic E-state index is -0.253. The van der Waals surface area contributed by atoms with Crippen molar-refractivity contribution in [3.8, 4) is 5.75 Å². The summed E-state index contributed by atoms with van der Waals surface area (Å²) in [6, 6.07) is 13.7. The molecule has 1 aliphatic carbocycles. The molecule has 2 heterocycles. The molecule has 28 heavy (non-hydrogen) atoms. The molecular weight excluding hydrogens is 356 g/mol. The maximum atomic E-state index is 12.9. The monoisotopic (exact) mass is 378 g/mol. The molecule has 2 aromatic rings. The van der Waals surface area contributed by atoms with Gasteiger partial charge in [0.15, 0.2) is 0 Å². The molecule has 2 aromatic carbocycles. The molecule has 6 nitrogen and oxygen atoms in total. The zero-order valence-corrected chi connectivity index (χ0v) is 15.6. The van der Waals surface area contributed by atoms with Crippen LogP contribution in [0.25, 0.3) is 0 Å². The Labute approximate surface area is 163 Å². The summed E-state index contributed by atoms with van der Waals surface area (Å²) >= 11 is 0. The Morgan fingerprint density at radius 2 is 1.75 bits per heavy atom. The van der Waals surface area contributed by atoms with Crippen LogP contribution in [0.3, 0.4) is 0 Å². The number of benzene rings is 2. The minimum absolute atomic E-state index is 0.000983. The maximum absolute atomic E-state index is 12.9. The molecule has 2 aliphatic heterocycles. The molecule has 1 saturated carbocycles. The van der Waals surface area contributed by atoms with Gasteiger partial charge < -0.3 is 20.1 Å². The predicted molar refractivity (Wildman–Crippen MR) is 103 cm³/mol. The van der Waals surface area contributed by atoms with Gasteiger partial charge >= 0.3 is 0 Å². The molecule has 6 heteroatoms. The smallest absolute Gasteiger partial charge is 0.254 e. The summed E-state index contributed by atoms with van der Waals surface area (Å²) in [5.74, 6) is 1.03. The van der Waals surface area contributed by atoms with Crippen molar-refractivity contribution in [1.29, 1.82) is 0 Å². The van der Waals surface area contributed by atoms with Gasteiger partial charge in [-0.3, -0.25) is 9.59 Å². The van der Waals surface area contributed by atoms with Crippen LogP contribution in [0.5, 0.6) is 5.75 Å². The van der Waals surface area contributed by atoms with Crippen LogP contribution < -0.4 is 15.4 Å². The average Bonchev–Trinajstić information content (AvgIpc) is 3.10. The van der Waals surface area contributed by atoms with Gasteiger partial charge in [-0.15, -0.1) is 0 Å². The van der Waals surface area contributed by atoms with E-state index in [-0.39, 0.29) is 23.8 Å². The zero-order chi connectivity index (χ0) is 19.3. The first-order valence-electron chi connectivity index (χ1n) is 9.63. The number of ether oxygens (including phenoxy) is 2. The number of hydrogen-bond donors (Lipinski definition) is 2. The second kappa shape index (κ2) is 6.63. The molecule has 2 fully saturated rings. The summed E-state index contributed by atoms with van der Waals surface area (Å²) in [6.45, 7) is 1.89. The third-order valence-corrected chi connectivity index (χ3v) is 6.07. The summed E-state index contributed by atoms with van der Waals surface area (Å²) in [7, 11) is 1.58. The number of carbonyl (C=O) groups is 2. The van der Waals surface area contributed by atoms with E-state index >= 15 is 0 Å². The van der Waals surface area contributed by atoms with Crippen LogP contribution in [-0.2, 0) is 4.74 Å². The van der Waals surface area contributed by atoms with Gasteiger partial charge in [0.25, 0.3) is 11.8 Å². The van der Waals surface area contributed by atoms with E-state index < -0.39 is 0 Å². The first kappa shape index (κ1) is 17.3. The average molecular weight is 378 g/mol. The molecule has 0 spiro atoms. The molecule has 0 aromatic heterocycles. The second-order valence-corrected chi connectivity index (χ2v) is 7.66. The van der Waals surface area contributed by atoms with Crippen LogP contribution in [0.4, 0.5) is 0 Å². The van der Waals surface area contributed by atoms with E-state index in [1.165, 1.54) is 0 Å². The van der Waals surface area contributed by atoms with E-state index in [9.17, 15) is 9.59 Å². The molecule has 5 rings (SSSR count). The van der Waals surface area contributed by atoms with Crippen LogP contribution in [-0.4, -0.2) is 44.7 Å². The second-order valence-electron chi connectivity index (χ2n) is 7.66. The van der Waals surface area contributed by atoms with E-state index in [4.69, 9.17) is 9.47 Å². The topological polar surface area (TPSA) is 76.7 Å². The minimum Gasteiger partial charge on any atom is -0.491 e. The lowest BCUT2D eigenvalue weighted by Gasteiger charge is -2.13. The fourth-order valence-corrected chi connectivity index (χ4v) is 4.41. The highest BCUT2D eigenvalue weighted by atomic mass is 16.5. The number of carbonyl (C=O) groups excluding carboxylic acids is 2. The molecule has 0 unspecified atom stereocenters. The third-order valence-electron chi connectivity index (χ3n) is 6.07. The summed E-state index contributed by atoms with van der Waals surface area (Å²) in [6.07, 6.45) is 0. The SMILES string of the molecule is CNC(=O)c1cc(C(=O)N[C@H]2[C@@H]3COC[C@@H]32)cc2c1OC[C@H]2c1ccccc1. The molecule has 2 amide bonds. The normalized spacial score (nSPS) is 26.8. The summed E-state index contributed by atoms with van der Waals surface area (Å²) < 4.78 is 11.3. The van der Waals surface area contributed by atoms with Crippen molar-refractivity contribution in [2.75, 3.05) is 26.9 Å². The Kier molecular flexibility index (Phi) is 4.09. The standard InChI is InChI=1S/C22H22N2O4/c1-23-22(26)15-8-13(21(25)24-19-17-9-27-10-18(17)19)7-14-16(11-28-20(14)15)12-5-3-2-4-6-12/h2-8,16-19H,9-11H2,1H3,(H,23,26)(H,24,25)/t16-,17-,18+,19+/m0/s1. The molecule has 3 aliphatic rings. The number of hydrogen-bond acceptors (Lipinski definition) is 4. The first-order valence-corrected chi connectivity index (χ1v) is 9.63. The number of rotatable bonds is 4. The first-order chi connectivity index (χ1) is 13.7. The van der Waals surface area contributed by atoms with Gasteiger partial charge in [-0.25, -0.2) is 0 Å². The van der Waals surface area contributed by atoms with Crippen LogP contribution in [0.2, 0.25) is 0 Å². The van der Waals surface area contributed by atoms with Gasteiger partial charge in [0.2, 0.25) is 0 Å². The number of amides is 2. The Morgan fingerprint density at radius 3 is 2.46 bits per heavy atom. The van der Waals surface area contributed by atoms with Gasteiger partial charge in [0.1, 0.15) is 5.75 Å². The number of fused-ring (bicyclic) bond motifs is 2. The van der Waals surface area contributed by atoms with Crippen LogP contribution in [0.1, 0.15) is 37.8 Å². The highest BCUT2D eigenvalue weighted by molar-refractivity contribution is 6.02. The van der Waals surface area contributed by atoms with Crippen LogP contribution in [0.15, 0.2) is 42.5 Å². The van der Waals surface area contributed by atoms with Gasteiger partial charge in [-0.2, -0.15) is 0 Å². The largest absolute Gasteiger partial charge is 0.491 e. The molecule has 144 valence electrons. The Hall–Kier alpha value is -2.86. The lowest BCUT2D eigenvalue weighted by molar-refractivity contribution is 0.0929. The van der Waals surface area contributed by atoms with E-state index in [0.29, 0.717) is 48.5 Å². The fraction of sp³-hybridized carbons (Fsp3) is 0.364. The zero-order valence-electron chi connectivity index (χ0n) is 15.6.